The van der Waals surface area contributed by atoms with E-state index in [9.17, 15) is 9.90 Å². The number of carboxylic acids is 1. The van der Waals surface area contributed by atoms with Gasteiger partial charge in [-0.2, -0.15) is 0 Å². The van der Waals surface area contributed by atoms with Crippen LogP contribution in [0.1, 0.15) is 0 Å². The van der Waals surface area contributed by atoms with Crippen molar-refractivity contribution < 1.29 is 44.9 Å². The van der Waals surface area contributed by atoms with Crippen molar-refractivity contribution in [3.8, 4) is 0 Å². The summed E-state index contributed by atoms with van der Waals surface area (Å²) in [5.74, 6) is -0.962. The van der Waals surface area contributed by atoms with Crippen LogP contribution in [0.15, 0.2) is 23.2 Å². The first-order valence-electron chi connectivity index (χ1n) is 2.50. The van der Waals surface area contributed by atoms with Gasteiger partial charge in [0.05, 0.1) is 0 Å². The van der Waals surface area contributed by atoms with Crippen molar-refractivity contribution in [2.45, 2.75) is 4.82 Å². The van der Waals surface area contributed by atoms with E-state index in [2.05, 4.69) is 0 Å². The summed E-state index contributed by atoms with van der Waals surface area (Å²) < 4.78 is 0. The van der Waals surface area contributed by atoms with Crippen LogP contribution in [0.5, 0.6) is 0 Å². The van der Waals surface area contributed by atoms with Crippen LogP contribution in [0.25, 0.3) is 0 Å². The van der Waals surface area contributed by atoms with Crippen molar-refractivity contribution in [1.29, 1.82) is 0 Å². The van der Waals surface area contributed by atoms with Crippen molar-refractivity contribution in [3.05, 3.63) is 23.2 Å². The Balaban J connectivity index is 0. The van der Waals surface area contributed by atoms with Gasteiger partial charge in [0.2, 0.25) is 0 Å². The average Bonchev–Trinajstić information content (AvgIpc) is 1.90. The second kappa shape index (κ2) is 7.10. The Morgan fingerprint density at radius 1 is 1.45 bits per heavy atom. The van der Waals surface area contributed by atoms with E-state index >= 15 is 0 Å². The largest absolute Gasteiger partial charge is 1.00 e. The molecule has 0 fully saturated rings. The Morgan fingerprint density at radius 2 is 2.09 bits per heavy atom. The van der Waals surface area contributed by atoms with Gasteiger partial charge in [-0.1, -0.05) is 0 Å². The van der Waals surface area contributed by atoms with Crippen LogP contribution in [-0.4, -0.2) is 26.4 Å². The van der Waals surface area contributed by atoms with E-state index in [1.807, 2.05) is 11.1 Å². The summed E-state index contributed by atoms with van der Waals surface area (Å²) in [5.41, 5.74) is 0. The molecule has 0 bridgehead atoms. The fourth-order valence-corrected chi connectivity index (χ4v) is 1.87. The van der Waals surface area contributed by atoms with Crippen molar-refractivity contribution >= 4 is 20.9 Å². The van der Waals surface area contributed by atoms with Gasteiger partial charge in [0.25, 0.3) is 0 Å². The predicted octanol–water partition coefficient (Wildman–Crippen LogP) is -4.51. The molecular weight excluding hydrogens is 222 g/mol. The van der Waals surface area contributed by atoms with Gasteiger partial charge < -0.3 is 5.48 Å². The average molecular weight is 229 g/mol. The van der Waals surface area contributed by atoms with E-state index in [4.69, 9.17) is 0 Å². The summed E-state index contributed by atoms with van der Waals surface area (Å²) in [6.45, 7) is 0. The molecule has 56 valence electrons. The molecule has 0 aromatic carbocycles. The number of carbonyl (C=O) groups is 1. The maximum absolute atomic E-state index is 10.2. The Bertz CT molecular complexity index is 179. The first kappa shape index (κ1) is 14.0. The zero-order valence-electron chi connectivity index (χ0n) is 6.11. The molecule has 0 spiro atoms. The summed E-state index contributed by atoms with van der Waals surface area (Å²) in [6.07, 6.45) is 5.26. The number of hydrogen-bond donors (Lipinski definition) is 0. The van der Waals surface area contributed by atoms with Crippen molar-refractivity contribution in [3.63, 3.8) is 0 Å². The molecule has 1 aliphatic heterocycles. The van der Waals surface area contributed by atoms with Crippen LogP contribution in [0.2, 0.25) is 4.82 Å². The predicted molar refractivity (Wildman–Crippen MR) is 36.4 cm³/mol. The van der Waals surface area contributed by atoms with E-state index in [0.29, 0.717) is 0 Å². The standard InChI is InChI=1S/C6H6O2Se.Na.H2O/c7-6(8)5-3-1-2-4-9-5;;/h1-5H,(H,7,8);;1H2/q;+1;/p-1. The van der Waals surface area contributed by atoms with Gasteiger partial charge in [-0.05, 0) is 0 Å². The van der Waals surface area contributed by atoms with Gasteiger partial charge in [0, 0.05) is 0 Å². The summed E-state index contributed by atoms with van der Waals surface area (Å²) in [7, 11) is 0. The number of aliphatic carboxylic acids is 1. The Labute approximate surface area is 93.3 Å². The molecule has 1 unspecified atom stereocenters. The van der Waals surface area contributed by atoms with Crippen LogP contribution >= 0.6 is 0 Å². The fraction of sp³-hybridized carbons (Fsp3) is 0.167. The number of allylic oxidation sites excluding steroid dienone is 2. The minimum atomic E-state index is -0.962. The summed E-state index contributed by atoms with van der Waals surface area (Å²) in [6, 6.07) is 0. The van der Waals surface area contributed by atoms with Crippen molar-refractivity contribution in [2.75, 3.05) is 0 Å². The molecule has 0 amide bonds. The van der Waals surface area contributed by atoms with E-state index in [1.165, 1.54) is 0 Å². The first-order valence-corrected chi connectivity index (χ1v) is 4.48. The number of carboxylic acid groups (broad SMARTS) is 1. The van der Waals surface area contributed by atoms with Crippen LogP contribution < -0.4 is 34.7 Å². The summed E-state index contributed by atoms with van der Waals surface area (Å²) >= 11 is 0.0631. The second-order valence-electron chi connectivity index (χ2n) is 1.59. The third kappa shape index (κ3) is 4.80. The van der Waals surface area contributed by atoms with Crippen LogP contribution in [-0.2, 0) is 4.79 Å². The zero-order chi connectivity index (χ0) is 6.69. The molecule has 3 nitrogen and oxygen atoms in total. The molecule has 1 heterocycles. The quantitative estimate of drug-likeness (QED) is 0.425. The first-order chi connectivity index (χ1) is 4.30. The Morgan fingerprint density at radius 3 is 2.36 bits per heavy atom. The van der Waals surface area contributed by atoms with Gasteiger partial charge in [-0.25, -0.2) is 0 Å². The van der Waals surface area contributed by atoms with E-state index in [1.54, 1.807) is 12.2 Å². The topological polar surface area (TPSA) is 71.6 Å². The third-order valence-corrected chi connectivity index (χ3v) is 2.94. The van der Waals surface area contributed by atoms with Crippen LogP contribution in [0, 0.1) is 0 Å². The van der Waals surface area contributed by atoms with E-state index < -0.39 is 5.97 Å². The molecule has 1 aliphatic rings. The normalized spacial score (nSPS) is 19.8. The summed E-state index contributed by atoms with van der Waals surface area (Å²) in [4.78, 5) is 11.7. The van der Waals surface area contributed by atoms with Crippen LogP contribution in [0.3, 0.4) is 0 Å². The molecule has 11 heavy (non-hydrogen) atoms. The number of rotatable bonds is 1. The number of carbonyl (C=O) groups excluding carboxylic acids is 1. The van der Waals surface area contributed by atoms with Gasteiger partial charge in [-0.3, -0.25) is 0 Å². The number of hydrogen-bond acceptors (Lipinski definition) is 2. The van der Waals surface area contributed by atoms with Crippen LogP contribution in [0.4, 0.5) is 0 Å². The van der Waals surface area contributed by atoms with E-state index in [-0.39, 0.29) is 54.8 Å². The molecule has 0 aromatic heterocycles. The molecule has 0 saturated heterocycles. The maximum Gasteiger partial charge on any atom is 1.00 e. The minimum Gasteiger partial charge on any atom is 1.00 e. The Kier molecular flexibility index (Phi) is 9.02. The minimum absolute atomic E-state index is 0. The molecule has 5 heteroatoms. The molecule has 0 radical (unpaired) electrons. The molecular formula is C6H7NaO3Se. The van der Waals surface area contributed by atoms with Gasteiger partial charge in [-0.15, -0.1) is 0 Å². The molecule has 0 saturated carbocycles. The second-order valence-corrected chi connectivity index (χ2v) is 3.80. The zero-order valence-corrected chi connectivity index (χ0v) is 9.82. The van der Waals surface area contributed by atoms with Crippen molar-refractivity contribution in [1.82, 2.24) is 0 Å². The summed E-state index contributed by atoms with van der Waals surface area (Å²) in [5, 5.41) is 10.2. The maximum atomic E-state index is 10.2. The van der Waals surface area contributed by atoms with E-state index in [0.717, 1.165) is 0 Å². The van der Waals surface area contributed by atoms with Gasteiger partial charge >= 0.3 is 88.4 Å². The molecule has 1 rings (SSSR count). The molecule has 0 aliphatic carbocycles. The fourth-order valence-electron chi connectivity index (χ4n) is 0.520. The smallest absolute Gasteiger partial charge is 1.00 e. The van der Waals surface area contributed by atoms with Gasteiger partial charge in [0.1, 0.15) is 0 Å². The molecule has 0 aromatic rings. The third-order valence-electron chi connectivity index (χ3n) is 0.933. The van der Waals surface area contributed by atoms with Gasteiger partial charge in [0.15, 0.2) is 0 Å². The monoisotopic (exact) mass is 230 g/mol. The molecule has 1 atom stereocenters. The Hall–Kier alpha value is 0.429. The SMILES string of the molecule is O.O=C([O-])C1C=CC=C[Se]1.[Na+]. The molecule has 2 N–H and O–H groups in total. The van der Waals surface area contributed by atoms with Crippen molar-refractivity contribution in [2.24, 2.45) is 0 Å².